The molecular weight excluding hydrogens is 254 g/mol. The van der Waals surface area contributed by atoms with Crippen LogP contribution in [0, 0.1) is 0 Å². The van der Waals surface area contributed by atoms with Crippen LogP contribution in [0.15, 0.2) is 24.3 Å². The zero-order valence-electron chi connectivity index (χ0n) is 10.2. The first-order chi connectivity index (χ1) is 8.40. The Balaban J connectivity index is 2.42. The molecule has 0 saturated carbocycles. The molecule has 0 aromatic heterocycles. The summed E-state index contributed by atoms with van der Waals surface area (Å²) in [5, 5.41) is 12.0. The third-order valence-corrected chi connectivity index (χ3v) is 3.46. The lowest BCUT2D eigenvalue weighted by molar-refractivity contribution is 0.0695. The Bertz CT molecular complexity index is 511. The average molecular weight is 271 g/mol. The van der Waals surface area contributed by atoms with Crippen molar-refractivity contribution in [3.63, 3.8) is 0 Å². The molecule has 0 radical (unpaired) electrons. The van der Waals surface area contributed by atoms with Crippen molar-refractivity contribution in [1.29, 1.82) is 0 Å². The number of hydrogen-bond donors (Lipinski definition) is 2. The quantitative estimate of drug-likeness (QED) is 0.720. The van der Waals surface area contributed by atoms with Gasteiger partial charge in [0.2, 0.25) is 0 Å². The van der Waals surface area contributed by atoms with Crippen LogP contribution in [0.25, 0.3) is 0 Å². The standard InChI is InChI=1S/C12H17NO4S/c1-18(16,17)8-4-7-13-9-10-5-2-3-6-11(10)12(14)15/h2-3,5-6,13H,4,7-9H2,1H3,(H,14,15). The van der Waals surface area contributed by atoms with E-state index in [4.69, 9.17) is 5.11 Å². The first kappa shape index (κ1) is 14.7. The highest BCUT2D eigenvalue weighted by atomic mass is 32.2. The van der Waals surface area contributed by atoms with Crippen LogP contribution in [0.1, 0.15) is 22.3 Å². The van der Waals surface area contributed by atoms with Gasteiger partial charge in [0.25, 0.3) is 0 Å². The highest BCUT2D eigenvalue weighted by Gasteiger charge is 2.08. The summed E-state index contributed by atoms with van der Waals surface area (Å²) in [6.45, 7) is 0.966. The maximum Gasteiger partial charge on any atom is 0.336 e. The van der Waals surface area contributed by atoms with Crippen molar-refractivity contribution < 1.29 is 18.3 Å². The number of carbonyl (C=O) groups is 1. The number of rotatable bonds is 7. The molecule has 0 aliphatic rings. The van der Waals surface area contributed by atoms with E-state index in [1.807, 2.05) is 0 Å². The van der Waals surface area contributed by atoms with Crippen LogP contribution in [0.3, 0.4) is 0 Å². The van der Waals surface area contributed by atoms with E-state index in [0.717, 1.165) is 0 Å². The maximum atomic E-state index is 10.9. The van der Waals surface area contributed by atoms with Crippen LogP contribution in [-0.4, -0.2) is 38.0 Å². The van der Waals surface area contributed by atoms with Crippen molar-refractivity contribution in [2.24, 2.45) is 0 Å². The molecule has 0 aliphatic carbocycles. The van der Waals surface area contributed by atoms with E-state index in [1.165, 1.54) is 6.26 Å². The first-order valence-corrected chi connectivity index (χ1v) is 7.66. The van der Waals surface area contributed by atoms with Gasteiger partial charge in [-0.3, -0.25) is 0 Å². The lowest BCUT2D eigenvalue weighted by Crippen LogP contribution is -2.19. The van der Waals surface area contributed by atoms with Crippen LogP contribution < -0.4 is 5.32 Å². The van der Waals surface area contributed by atoms with Crippen molar-refractivity contribution in [1.82, 2.24) is 5.32 Å². The van der Waals surface area contributed by atoms with Gasteiger partial charge in [-0.2, -0.15) is 0 Å². The van der Waals surface area contributed by atoms with Crippen LogP contribution in [0.2, 0.25) is 0 Å². The number of aromatic carboxylic acids is 1. The number of carboxylic acid groups (broad SMARTS) is 1. The molecule has 0 heterocycles. The fourth-order valence-corrected chi connectivity index (χ4v) is 2.23. The molecule has 0 aliphatic heterocycles. The topological polar surface area (TPSA) is 83.5 Å². The number of carboxylic acids is 1. The van der Waals surface area contributed by atoms with Gasteiger partial charge < -0.3 is 10.4 Å². The first-order valence-electron chi connectivity index (χ1n) is 5.60. The molecule has 1 rings (SSSR count). The van der Waals surface area contributed by atoms with Crippen molar-refractivity contribution >= 4 is 15.8 Å². The van der Waals surface area contributed by atoms with Crippen molar-refractivity contribution in [3.05, 3.63) is 35.4 Å². The average Bonchev–Trinajstić information content (AvgIpc) is 2.27. The predicted octanol–water partition coefficient (Wildman–Crippen LogP) is 0.909. The lowest BCUT2D eigenvalue weighted by Gasteiger charge is -2.07. The molecule has 6 heteroatoms. The van der Waals surface area contributed by atoms with Gasteiger partial charge in [0, 0.05) is 12.8 Å². The molecule has 100 valence electrons. The molecule has 18 heavy (non-hydrogen) atoms. The van der Waals surface area contributed by atoms with Gasteiger partial charge in [0.15, 0.2) is 0 Å². The van der Waals surface area contributed by atoms with Crippen molar-refractivity contribution in [2.45, 2.75) is 13.0 Å². The van der Waals surface area contributed by atoms with Gasteiger partial charge in [-0.05, 0) is 24.6 Å². The van der Waals surface area contributed by atoms with E-state index in [9.17, 15) is 13.2 Å². The molecule has 0 unspecified atom stereocenters. The van der Waals surface area contributed by atoms with E-state index in [-0.39, 0.29) is 11.3 Å². The van der Waals surface area contributed by atoms with Crippen molar-refractivity contribution in [2.75, 3.05) is 18.6 Å². The third-order valence-electron chi connectivity index (χ3n) is 2.43. The van der Waals surface area contributed by atoms with E-state index in [2.05, 4.69) is 5.32 Å². The molecule has 0 saturated heterocycles. The molecule has 0 amide bonds. The normalized spacial score (nSPS) is 11.4. The zero-order valence-corrected chi connectivity index (χ0v) is 11.0. The van der Waals surface area contributed by atoms with E-state index >= 15 is 0 Å². The Labute approximate surface area is 107 Å². The summed E-state index contributed by atoms with van der Waals surface area (Å²) in [7, 11) is -2.92. The molecular formula is C12H17NO4S. The minimum atomic E-state index is -2.92. The van der Waals surface area contributed by atoms with Gasteiger partial charge in [0.05, 0.1) is 11.3 Å². The molecule has 5 nitrogen and oxygen atoms in total. The van der Waals surface area contributed by atoms with Gasteiger partial charge in [-0.1, -0.05) is 18.2 Å². The van der Waals surface area contributed by atoms with Crippen LogP contribution in [0.5, 0.6) is 0 Å². The Hall–Kier alpha value is -1.40. The molecule has 2 N–H and O–H groups in total. The highest BCUT2D eigenvalue weighted by Crippen LogP contribution is 2.08. The lowest BCUT2D eigenvalue weighted by atomic mass is 10.1. The minimum absolute atomic E-state index is 0.139. The monoisotopic (exact) mass is 271 g/mol. The second-order valence-electron chi connectivity index (χ2n) is 4.12. The number of sulfone groups is 1. The van der Waals surface area contributed by atoms with Gasteiger partial charge in [-0.25, -0.2) is 13.2 Å². The van der Waals surface area contributed by atoms with Gasteiger partial charge in [0.1, 0.15) is 9.84 Å². The van der Waals surface area contributed by atoms with Gasteiger partial charge >= 0.3 is 5.97 Å². The summed E-state index contributed by atoms with van der Waals surface area (Å²) in [6.07, 6.45) is 1.72. The highest BCUT2D eigenvalue weighted by molar-refractivity contribution is 7.90. The SMILES string of the molecule is CS(=O)(=O)CCCNCc1ccccc1C(=O)O. The minimum Gasteiger partial charge on any atom is -0.478 e. The van der Waals surface area contributed by atoms with Gasteiger partial charge in [-0.15, -0.1) is 0 Å². The summed E-state index contributed by atoms with van der Waals surface area (Å²) in [5.41, 5.74) is 0.970. The summed E-state index contributed by atoms with van der Waals surface area (Å²) in [6, 6.07) is 6.75. The fourth-order valence-electron chi connectivity index (χ4n) is 1.57. The molecule has 0 atom stereocenters. The molecule has 0 fully saturated rings. The summed E-state index contributed by atoms with van der Waals surface area (Å²) >= 11 is 0. The second-order valence-corrected chi connectivity index (χ2v) is 6.38. The molecule has 1 aromatic carbocycles. The number of nitrogens with one attached hydrogen (secondary N) is 1. The van der Waals surface area contributed by atoms with E-state index in [0.29, 0.717) is 25.1 Å². The number of benzene rings is 1. The largest absolute Gasteiger partial charge is 0.478 e. The zero-order chi connectivity index (χ0) is 13.6. The maximum absolute atomic E-state index is 10.9. The predicted molar refractivity (Wildman–Crippen MR) is 69.4 cm³/mol. The van der Waals surface area contributed by atoms with Crippen LogP contribution in [0.4, 0.5) is 0 Å². The third kappa shape index (κ3) is 5.29. The summed E-state index contributed by atoms with van der Waals surface area (Å²) < 4.78 is 21.8. The smallest absolute Gasteiger partial charge is 0.336 e. The van der Waals surface area contributed by atoms with Crippen LogP contribution in [-0.2, 0) is 16.4 Å². The fraction of sp³-hybridized carbons (Fsp3) is 0.417. The summed E-state index contributed by atoms with van der Waals surface area (Å²) in [4.78, 5) is 10.9. The Kier molecular flexibility index (Phi) is 5.30. The molecule has 1 aromatic rings. The second kappa shape index (κ2) is 6.51. The Morgan fingerprint density at radius 2 is 2.00 bits per heavy atom. The van der Waals surface area contributed by atoms with Crippen LogP contribution >= 0.6 is 0 Å². The number of hydrogen-bond acceptors (Lipinski definition) is 4. The summed E-state index contributed by atoms with van der Waals surface area (Å²) in [5.74, 6) is -0.816. The molecule has 0 spiro atoms. The Morgan fingerprint density at radius 3 is 2.61 bits per heavy atom. The van der Waals surface area contributed by atoms with E-state index < -0.39 is 15.8 Å². The Morgan fingerprint density at radius 1 is 1.33 bits per heavy atom. The van der Waals surface area contributed by atoms with Crippen molar-refractivity contribution in [3.8, 4) is 0 Å². The molecule has 0 bridgehead atoms. The van der Waals surface area contributed by atoms with E-state index in [1.54, 1.807) is 24.3 Å².